The summed E-state index contributed by atoms with van der Waals surface area (Å²) in [5.74, 6) is -0.693. The molecule has 3 aromatic rings. The van der Waals surface area contributed by atoms with Crippen molar-refractivity contribution in [3.05, 3.63) is 81.5 Å². The lowest BCUT2D eigenvalue weighted by molar-refractivity contribution is 0.0697. The summed E-state index contributed by atoms with van der Waals surface area (Å²) in [6.07, 6.45) is -1.06. The van der Waals surface area contributed by atoms with E-state index in [9.17, 15) is 23.5 Å². The molecule has 5 nitrogen and oxygen atoms in total. The Morgan fingerprint density at radius 1 is 1.03 bits per heavy atom. The van der Waals surface area contributed by atoms with E-state index in [2.05, 4.69) is 0 Å². The zero-order valence-corrected chi connectivity index (χ0v) is 20.1. The van der Waals surface area contributed by atoms with E-state index < -0.39 is 18.1 Å². The van der Waals surface area contributed by atoms with Crippen LogP contribution in [0.1, 0.15) is 80.3 Å². The van der Waals surface area contributed by atoms with Gasteiger partial charge in [0.15, 0.2) is 0 Å². The van der Waals surface area contributed by atoms with Crippen molar-refractivity contribution < 1.29 is 18.7 Å². The number of carboxylic acid groups (broad SMARTS) is 1. The van der Waals surface area contributed by atoms with Gasteiger partial charge in [-0.25, -0.2) is 18.4 Å². The molecule has 1 atom stereocenters. The molecule has 2 aromatic carbocycles. The van der Waals surface area contributed by atoms with Crippen LogP contribution >= 0.6 is 0 Å². The van der Waals surface area contributed by atoms with E-state index in [1.54, 1.807) is 43.3 Å². The van der Waals surface area contributed by atoms with Crippen molar-refractivity contribution >= 4 is 5.97 Å². The van der Waals surface area contributed by atoms with E-state index in [-0.39, 0.29) is 23.8 Å². The van der Waals surface area contributed by atoms with Crippen molar-refractivity contribution in [2.45, 2.75) is 66.0 Å². The van der Waals surface area contributed by atoms with Gasteiger partial charge < -0.3 is 5.11 Å². The molecule has 0 saturated carbocycles. The number of halogens is 2. The maximum absolute atomic E-state index is 14.2. The average Bonchev–Trinajstić information content (AvgIpc) is 3.09. The lowest BCUT2D eigenvalue weighted by Gasteiger charge is -2.14. The number of imidazole rings is 1. The summed E-state index contributed by atoms with van der Waals surface area (Å²) < 4.78 is 31.1. The molecular formula is C27H32F2N2O3. The summed E-state index contributed by atoms with van der Waals surface area (Å²) in [6.45, 7) is 7.91. The minimum atomic E-state index is -2.74. The molecule has 7 heteroatoms. The molecule has 0 aliphatic carbocycles. The molecule has 34 heavy (non-hydrogen) atoms. The van der Waals surface area contributed by atoms with Crippen LogP contribution in [0.3, 0.4) is 0 Å². The Balaban J connectivity index is 2.03. The van der Waals surface area contributed by atoms with Crippen LogP contribution in [0.15, 0.2) is 53.3 Å². The Labute approximate surface area is 198 Å². The SMILES string of the molecule is CCC(C)n1c(C(F)F)c(CCC(C)C)n(Cc2ccc(-c3ccccc3C(=O)O)cc2)c1=O. The zero-order valence-electron chi connectivity index (χ0n) is 20.1. The summed E-state index contributed by atoms with van der Waals surface area (Å²) in [4.78, 5) is 24.9. The number of aromatic nitrogens is 2. The number of rotatable bonds is 10. The normalized spacial score (nSPS) is 12.5. The van der Waals surface area contributed by atoms with Crippen LogP contribution in [0.2, 0.25) is 0 Å². The first-order valence-electron chi connectivity index (χ1n) is 11.7. The fourth-order valence-electron chi connectivity index (χ4n) is 4.21. The predicted molar refractivity (Wildman–Crippen MR) is 130 cm³/mol. The largest absolute Gasteiger partial charge is 0.478 e. The van der Waals surface area contributed by atoms with Crippen molar-refractivity contribution in [3.8, 4) is 11.1 Å². The average molecular weight is 471 g/mol. The van der Waals surface area contributed by atoms with Gasteiger partial charge in [0.05, 0.1) is 12.1 Å². The standard InChI is InChI=1S/C27H32F2N2O3/c1-5-18(4)31-24(25(28)29)23(15-10-17(2)3)30(27(31)34)16-19-11-13-20(14-12-19)21-8-6-7-9-22(21)26(32)33/h6-9,11-14,17-18,25H,5,10,15-16H2,1-4H3,(H,32,33). The molecule has 0 aliphatic rings. The van der Waals surface area contributed by atoms with Crippen LogP contribution in [-0.4, -0.2) is 20.2 Å². The van der Waals surface area contributed by atoms with Crippen LogP contribution < -0.4 is 5.69 Å². The number of alkyl halides is 2. The second-order valence-corrected chi connectivity index (χ2v) is 9.11. The lowest BCUT2D eigenvalue weighted by Crippen LogP contribution is -2.28. The van der Waals surface area contributed by atoms with E-state index in [1.165, 1.54) is 9.13 Å². The minimum absolute atomic E-state index is 0.174. The molecule has 1 unspecified atom stereocenters. The Morgan fingerprint density at radius 3 is 2.24 bits per heavy atom. The van der Waals surface area contributed by atoms with Gasteiger partial charge in [0.25, 0.3) is 6.43 Å². The van der Waals surface area contributed by atoms with Crippen molar-refractivity contribution in [2.75, 3.05) is 0 Å². The number of aromatic carboxylic acids is 1. The first-order chi connectivity index (χ1) is 16.1. The number of benzene rings is 2. The zero-order chi connectivity index (χ0) is 25.0. The first-order valence-corrected chi connectivity index (χ1v) is 11.7. The Kier molecular flexibility index (Phi) is 8.07. The van der Waals surface area contributed by atoms with Crippen LogP contribution in [0.5, 0.6) is 0 Å². The molecule has 3 rings (SSSR count). The van der Waals surface area contributed by atoms with Gasteiger partial charge in [-0.3, -0.25) is 9.13 Å². The molecule has 0 bridgehead atoms. The molecule has 0 spiro atoms. The number of carboxylic acids is 1. The molecule has 0 radical (unpaired) electrons. The van der Waals surface area contributed by atoms with Crippen LogP contribution in [0.4, 0.5) is 8.78 Å². The molecule has 1 N–H and O–H groups in total. The third-order valence-electron chi connectivity index (χ3n) is 6.28. The highest BCUT2D eigenvalue weighted by molar-refractivity contribution is 5.95. The molecule has 0 saturated heterocycles. The third kappa shape index (κ3) is 5.29. The number of nitrogens with zero attached hydrogens (tertiary/aromatic N) is 2. The van der Waals surface area contributed by atoms with E-state index in [0.29, 0.717) is 36.4 Å². The van der Waals surface area contributed by atoms with E-state index in [0.717, 1.165) is 11.1 Å². The molecule has 0 fully saturated rings. The monoisotopic (exact) mass is 470 g/mol. The summed E-state index contributed by atoms with van der Waals surface area (Å²) in [6, 6.07) is 13.7. The maximum atomic E-state index is 14.2. The highest BCUT2D eigenvalue weighted by atomic mass is 19.3. The predicted octanol–water partition coefficient (Wildman–Crippen LogP) is 6.56. The van der Waals surface area contributed by atoms with Gasteiger partial charge in [-0.05, 0) is 54.9 Å². The summed E-state index contributed by atoms with van der Waals surface area (Å²) in [5, 5.41) is 9.46. The molecule has 1 heterocycles. The number of hydrogen-bond donors (Lipinski definition) is 1. The Bertz CT molecular complexity index is 1190. The summed E-state index contributed by atoms with van der Waals surface area (Å²) in [7, 11) is 0. The van der Waals surface area contributed by atoms with Crippen LogP contribution in [-0.2, 0) is 13.0 Å². The first kappa shape index (κ1) is 25.4. The molecule has 0 amide bonds. The molecule has 1 aromatic heterocycles. The number of hydrogen-bond acceptors (Lipinski definition) is 2. The van der Waals surface area contributed by atoms with Crippen LogP contribution in [0, 0.1) is 5.92 Å². The van der Waals surface area contributed by atoms with Gasteiger partial charge >= 0.3 is 11.7 Å². The van der Waals surface area contributed by atoms with Gasteiger partial charge in [-0.1, -0.05) is 63.2 Å². The number of carbonyl (C=O) groups is 1. The highest BCUT2D eigenvalue weighted by Crippen LogP contribution is 2.29. The van der Waals surface area contributed by atoms with Crippen molar-refractivity contribution in [1.82, 2.24) is 9.13 Å². The van der Waals surface area contributed by atoms with E-state index in [1.807, 2.05) is 32.9 Å². The smallest absolute Gasteiger partial charge is 0.336 e. The molecular weight excluding hydrogens is 438 g/mol. The van der Waals surface area contributed by atoms with Gasteiger partial charge in [-0.15, -0.1) is 0 Å². The maximum Gasteiger partial charge on any atom is 0.336 e. The second-order valence-electron chi connectivity index (χ2n) is 9.11. The summed E-state index contributed by atoms with van der Waals surface area (Å²) >= 11 is 0. The minimum Gasteiger partial charge on any atom is -0.478 e. The van der Waals surface area contributed by atoms with E-state index in [4.69, 9.17) is 0 Å². The van der Waals surface area contributed by atoms with E-state index >= 15 is 0 Å². The highest BCUT2D eigenvalue weighted by Gasteiger charge is 2.28. The van der Waals surface area contributed by atoms with Gasteiger partial charge in [0, 0.05) is 11.7 Å². The quantitative estimate of drug-likeness (QED) is 0.365. The fraction of sp³-hybridized carbons (Fsp3) is 0.407. The van der Waals surface area contributed by atoms with Gasteiger partial charge in [-0.2, -0.15) is 0 Å². The molecule has 182 valence electrons. The fourth-order valence-corrected chi connectivity index (χ4v) is 4.21. The Hall–Kier alpha value is -3.22. The van der Waals surface area contributed by atoms with Gasteiger partial charge in [0.1, 0.15) is 5.69 Å². The summed E-state index contributed by atoms with van der Waals surface area (Å²) in [5.41, 5.74) is 2.13. The third-order valence-corrected chi connectivity index (χ3v) is 6.28. The topological polar surface area (TPSA) is 64.2 Å². The van der Waals surface area contributed by atoms with Crippen molar-refractivity contribution in [3.63, 3.8) is 0 Å². The van der Waals surface area contributed by atoms with Gasteiger partial charge in [0.2, 0.25) is 0 Å². The lowest BCUT2D eigenvalue weighted by atomic mass is 9.98. The Morgan fingerprint density at radius 2 is 1.68 bits per heavy atom. The van der Waals surface area contributed by atoms with Crippen LogP contribution in [0.25, 0.3) is 11.1 Å². The second kappa shape index (κ2) is 10.8. The van der Waals surface area contributed by atoms with Crippen molar-refractivity contribution in [1.29, 1.82) is 0 Å². The molecule has 0 aliphatic heterocycles. The van der Waals surface area contributed by atoms with Crippen molar-refractivity contribution in [2.24, 2.45) is 5.92 Å².